The fourth-order valence-electron chi connectivity index (χ4n) is 3.46. The fraction of sp³-hybridized carbons (Fsp3) is 0.0385. The number of furan rings is 1. The highest BCUT2D eigenvalue weighted by atomic mass is 35.5. The Morgan fingerprint density at radius 3 is 2.38 bits per heavy atom. The maximum atomic E-state index is 13.0. The Labute approximate surface area is 199 Å². The van der Waals surface area contributed by atoms with Crippen LogP contribution < -0.4 is 10.6 Å². The molecule has 0 aliphatic heterocycles. The van der Waals surface area contributed by atoms with Gasteiger partial charge in [-0.1, -0.05) is 46.6 Å². The topological polar surface area (TPSA) is 97.4 Å². The van der Waals surface area contributed by atoms with Crippen LogP contribution in [0.1, 0.15) is 26.6 Å². The van der Waals surface area contributed by atoms with Crippen molar-refractivity contribution in [2.45, 2.75) is 6.92 Å². The Morgan fingerprint density at radius 1 is 0.882 bits per heavy atom. The highest BCUT2D eigenvalue weighted by Crippen LogP contribution is 2.32. The third-order valence-electron chi connectivity index (χ3n) is 5.22. The van der Waals surface area contributed by atoms with E-state index in [1.54, 1.807) is 60.7 Å². The molecule has 168 valence electrons. The third kappa shape index (κ3) is 4.29. The molecule has 7 nitrogen and oxygen atoms in total. The van der Waals surface area contributed by atoms with Gasteiger partial charge in [0.05, 0.1) is 0 Å². The first kappa shape index (κ1) is 21.5. The average Bonchev–Trinajstić information content (AvgIpc) is 3.47. The summed E-state index contributed by atoms with van der Waals surface area (Å²) in [5, 5.41) is 10.6. The van der Waals surface area contributed by atoms with Crippen LogP contribution in [0.2, 0.25) is 5.02 Å². The number of amides is 2. The van der Waals surface area contributed by atoms with E-state index in [2.05, 4.69) is 15.8 Å². The molecule has 0 aliphatic rings. The number of aromatic nitrogens is 1. The van der Waals surface area contributed by atoms with E-state index in [0.717, 1.165) is 11.1 Å². The van der Waals surface area contributed by atoms with E-state index < -0.39 is 11.8 Å². The summed E-state index contributed by atoms with van der Waals surface area (Å²) in [6.07, 6.45) is 0. The summed E-state index contributed by atoms with van der Waals surface area (Å²) in [5.41, 5.74) is 3.18. The lowest BCUT2D eigenvalue weighted by Gasteiger charge is -2.06. The summed E-state index contributed by atoms with van der Waals surface area (Å²) in [5.74, 6) is -0.634. The Balaban J connectivity index is 1.44. The third-order valence-corrected chi connectivity index (χ3v) is 5.47. The standard InChI is InChI=1S/C26H18ClN3O4/c1-15-6-12-18(13-7-15)28-26(32)24-23(19-4-2-3-5-21(19)33-24)29-25(31)20-14-22(34-30-20)16-8-10-17(27)11-9-16/h2-14H,1H3,(H,28,32)(H,29,31). The zero-order valence-corrected chi connectivity index (χ0v) is 18.7. The molecule has 2 aromatic heterocycles. The van der Waals surface area contributed by atoms with Gasteiger partial charge in [0.2, 0.25) is 5.76 Å². The second kappa shape index (κ2) is 8.88. The first-order chi connectivity index (χ1) is 16.5. The quantitative estimate of drug-likeness (QED) is 0.302. The maximum absolute atomic E-state index is 13.0. The number of fused-ring (bicyclic) bond motifs is 1. The number of rotatable bonds is 5. The summed E-state index contributed by atoms with van der Waals surface area (Å²) in [4.78, 5) is 26.0. The number of carbonyl (C=O) groups excluding carboxylic acids is 2. The Bertz CT molecular complexity index is 1500. The number of para-hydroxylation sites is 1. The van der Waals surface area contributed by atoms with E-state index in [9.17, 15) is 9.59 Å². The van der Waals surface area contributed by atoms with Crippen molar-refractivity contribution in [1.82, 2.24) is 5.16 Å². The predicted molar refractivity (Wildman–Crippen MR) is 130 cm³/mol. The molecule has 0 atom stereocenters. The van der Waals surface area contributed by atoms with Crippen LogP contribution in [0.4, 0.5) is 11.4 Å². The first-order valence-electron chi connectivity index (χ1n) is 10.4. The molecule has 0 saturated heterocycles. The molecule has 0 saturated carbocycles. The van der Waals surface area contributed by atoms with Crippen molar-refractivity contribution in [2.24, 2.45) is 0 Å². The monoisotopic (exact) mass is 471 g/mol. The molecule has 2 heterocycles. The average molecular weight is 472 g/mol. The molecule has 0 fully saturated rings. The molecule has 5 aromatic rings. The Kier molecular flexibility index (Phi) is 5.61. The molecule has 8 heteroatoms. The van der Waals surface area contributed by atoms with E-state index in [1.807, 2.05) is 19.1 Å². The van der Waals surface area contributed by atoms with Gasteiger partial charge < -0.3 is 19.6 Å². The van der Waals surface area contributed by atoms with Crippen LogP contribution in [0, 0.1) is 6.92 Å². The Morgan fingerprint density at radius 2 is 1.62 bits per heavy atom. The van der Waals surface area contributed by atoms with Gasteiger partial charge in [0.25, 0.3) is 11.8 Å². The minimum atomic E-state index is -0.542. The minimum absolute atomic E-state index is 0.0171. The Hall–Kier alpha value is -4.36. The van der Waals surface area contributed by atoms with Gasteiger partial charge in [-0.15, -0.1) is 0 Å². The van der Waals surface area contributed by atoms with Crippen molar-refractivity contribution >= 4 is 45.8 Å². The van der Waals surface area contributed by atoms with Gasteiger partial charge >= 0.3 is 0 Å². The molecule has 0 radical (unpaired) electrons. The van der Waals surface area contributed by atoms with Crippen molar-refractivity contribution in [3.63, 3.8) is 0 Å². The zero-order chi connectivity index (χ0) is 23.7. The molecule has 0 spiro atoms. The summed E-state index contributed by atoms with van der Waals surface area (Å²) in [7, 11) is 0. The van der Waals surface area contributed by atoms with Crippen LogP contribution >= 0.6 is 11.6 Å². The van der Waals surface area contributed by atoms with Crippen LogP contribution in [-0.4, -0.2) is 17.0 Å². The lowest BCUT2D eigenvalue weighted by Crippen LogP contribution is -2.17. The van der Waals surface area contributed by atoms with Gasteiger partial charge in [-0.05, 0) is 55.5 Å². The van der Waals surface area contributed by atoms with Gasteiger partial charge in [0, 0.05) is 27.7 Å². The molecule has 3 aromatic carbocycles. The number of halogens is 1. The minimum Gasteiger partial charge on any atom is -0.449 e. The largest absolute Gasteiger partial charge is 0.449 e. The molecule has 5 rings (SSSR count). The number of hydrogen-bond donors (Lipinski definition) is 2. The van der Waals surface area contributed by atoms with Crippen molar-refractivity contribution in [2.75, 3.05) is 10.6 Å². The molecule has 0 unspecified atom stereocenters. The summed E-state index contributed by atoms with van der Waals surface area (Å²) >= 11 is 5.93. The van der Waals surface area contributed by atoms with Crippen LogP contribution in [0.5, 0.6) is 0 Å². The number of hydrogen-bond acceptors (Lipinski definition) is 5. The maximum Gasteiger partial charge on any atom is 0.293 e. The summed E-state index contributed by atoms with van der Waals surface area (Å²) in [6.45, 7) is 1.96. The van der Waals surface area contributed by atoms with Gasteiger partial charge in [-0.3, -0.25) is 9.59 Å². The highest BCUT2D eigenvalue weighted by molar-refractivity contribution is 6.30. The number of aryl methyl sites for hydroxylation is 1. The molecule has 34 heavy (non-hydrogen) atoms. The number of carbonyl (C=O) groups is 2. The smallest absolute Gasteiger partial charge is 0.293 e. The van der Waals surface area contributed by atoms with Gasteiger partial charge in [0.15, 0.2) is 11.5 Å². The van der Waals surface area contributed by atoms with Crippen LogP contribution in [0.25, 0.3) is 22.3 Å². The van der Waals surface area contributed by atoms with E-state index in [4.69, 9.17) is 20.5 Å². The van der Waals surface area contributed by atoms with Gasteiger partial charge in [-0.25, -0.2) is 0 Å². The lowest BCUT2D eigenvalue weighted by atomic mass is 10.1. The van der Waals surface area contributed by atoms with Crippen LogP contribution in [-0.2, 0) is 0 Å². The van der Waals surface area contributed by atoms with E-state index in [-0.39, 0.29) is 17.1 Å². The fourth-order valence-corrected chi connectivity index (χ4v) is 3.59. The summed E-state index contributed by atoms with van der Waals surface area (Å²) in [6, 6.07) is 22.9. The SMILES string of the molecule is Cc1ccc(NC(=O)c2oc3ccccc3c2NC(=O)c2cc(-c3ccc(Cl)cc3)on2)cc1. The summed E-state index contributed by atoms with van der Waals surface area (Å²) < 4.78 is 11.1. The molecule has 2 amide bonds. The second-order valence-corrected chi connectivity index (χ2v) is 8.10. The number of benzene rings is 3. The van der Waals surface area contributed by atoms with Gasteiger partial charge in [-0.2, -0.15) is 0 Å². The van der Waals surface area contributed by atoms with E-state index in [0.29, 0.717) is 27.4 Å². The number of anilines is 2. The van der Waals surface area contributed by atoms with E-state index in [1.165, 1.54) is 6.07 Å². The molecular formula is C26H18ClN3O4. The molecule has 0 bridgehead atoms. The number of nitrogens with one attached hydrogen (secondary N) is 2. The van der Waals surface area contributed by atoms with Crippen molar-refractivity contribution in [3.05, 3.63) is 101 Å². The lowest BCUT2D eigenvalue weighted by molar-refractivity contribution is 0.0999. The van der Waals surface area contributed by atoms with E-state index >= 15 is 0 Å². The number of nitrogens with zero attached hydrogens (tertiary/aromatic N) is 1. The molecular weight excluding hydrogens is 454 g/mol. The second-order valence-electron chi connectivity index (χ2n) is 7.66. The molecule has 0 aliphatic carbocycles. The highest BCUT2D eigenvalue weighted by Gasteiger charge is 2.24. The van der Waals surface area contributed by atoms with Crippen molar-refractivity contribution in [3.8, 4) is 11.3 Å². The van der Waals surface area contributed by atoms with Crippen LogP contribution in [0.15, 0.2) is 87.8 Å². The van der Waals surface area contributed by atoms with Gasteiger partial charge in [0.1, 0.15) is 11.3 Å². The van der Waals surface area contributed by atoms with Crippen molar-refractivity contribution < 1.29 is 18.5 Å². The normalized spacial score (nSPS) is 10.9. The van der Waals surface area contributed by atoms with Crippen molar-refractivity contribution in [1.29, 1.82) is 0 Å². The molecule has 2 N–H and O–H groups in total. The predicted octanol–water partition coefficient (Wildman–Crippen LogP) is 6.55. The first-order valence-corrected chi connectivity index (χ1v) is 10.8. The van der Waals surface area contributed by atoms with Crippen LogP contribution in [0.3, 0.4) is 0 Å². The zero-order valence-electron chi connectivity index (χ0n) is 18.0.